The van der Waals surface area contributed by atoms with E-state index in [1.165, 1.54) is 13.8 Å². The van der Waals surface area contributed by atoms with Gasteiger partial charge in [-0.05, 0) is 37.6 Å². The number of hydrogen-bond donors (Lipinski definition) is 1. The van der Waals surface area contributed by atoms with Crippen LogP contribution >= 0.6 is 31.9 Å². The lowest BCUT2D eigenvalue weighted by Crippen LogP contribution is -2.03. The van der Waals surface area contributed by atoms with Gasteiger partial charge in [0.1, 0.15) is 5.78 Å². The maximum absolute atomic E-state index is 10.7. The fourth-order valence-electron chi connectivity index (χ4n) is 1.65. The molecule has 2 heterocycles. The van der Waals surface area contributed by atoms with Gasteiger partial charge >= 0.3 is 11.9 Å². The van der Waals surface area contributed by atoms with Crippen molar-refractivity contribution in [3.63, 3.8) is 0 Å². The van der Waals surface area contributed by atoms with E-state index in [1.807, 2.05) is 24.3 Å². The minimum atomic E-state index is -0.562. The summed E-state index contributed by atoms with van der Waals surface area (Å²) in [7, 11) is 0. The van der Waals surface area contributed by atoms with Crippen molar-refractivity contribution >= 4 is 49.6 Å². The summed E-state index contributed by atoms with van der Waals surface area (Å²) in [4.78, 5) is 38.4. The molecule has 2 aromatic heterocycles. The average molecular weight is 517 g/mol. The number of rotatable bonds is 4. The van der Waals surface area contributed by atoms with Gasteiger partial charge in [0.25, 0.3) is 0 Å². The predicted octanol–water partition coefficient (Wildman–Crippen LogP) is 3.76. The first-order chi connectivity index (χ1) is 13.1. The van der Waals surface area contributed by atoms with E-state index < -0.39 is 11.9 Å². The van der Waals surface area contributed by atoms with Gasteiger partial charge in [0, 0.05) is 53.8 Å². The van der Waals surface area contributed by atoms with Gasteiger partial charge in [-0.2, -0.15) is 0 Å². The molecule has 2 N–H and O–H groups in total. The Labute approximate surface area is 181 Å². The van der Waals surface area contributed by atoms with Crippen molar-refractivity contribution in [2.24, 2.45) is 5.73 Å². The van der Waals surface area contributed by atoms with Crippen molar-refractivity contribution in [2.75, 3.05) is 0 Å². The topological polar surface area (TPSA) is 112 Å². The van der Waals surface area contributed by atoms with Crippen LogP contribution < -0.4 is 5.73 Å². The van der Waals surface area contributed by atoms with Crippen molar-refractivity contribution in [2.45, 2.75) is 40.2 Å². The molecule has 2 aromatic rings. The maximum Gasteiger partial charge on any atom is 0.310 e. The van der Waals surface area contributed by atoms with Gasteiger partial charge in [-0.1, -0.05) is 31.9 Å². The zero-order valence-electron chi connectivity index (χ0n) is 15.9. The first kappa shape index (κ1) is 26.0. The van der Waals surface area contributed by atoms with Crippen LogP contribution in [0.3, 0.4) is 0 Å². The number of nitrogens with zero attached hydrogens (tertiary/aromatic N) is 2. The van der Waals surface area contributed by atoms with Crippen molar-refractivity contribution in [1.29, 1.82) is 0 Å². The highest BCUT2D eigenvalue weighted by Crippen LogP contribution is 2.10. The molecule has 0 amide bonds. The summed E-state index contributed by atoms with van der Waals surface area (Å²) in [6, 6.07) is 7.58. The van der Waals surface area contributed by atoms with E-state index in [2.05, 4.69) is 46.6 Å². The Morgan fingerprint density at radius 1 is 0.929 bits per heavy atom. The molecular weight excluding hydrogens is 494 g/mol. The van der Waals surface area contributed by atoms with E-state index in [0.29, 0.717) is 13.0 Å². The van der Waals surface area contributed by atoms with Gasteiger partial charge in [0.2, 0.25) is 0 Å². The molecule has 0 spiro atoms. The molecule has 0 saturated carbocycles. The Hall–Kier alpha value is -1.97. The number of carbonyl (C=O) groups is 3. The Bertz CT molecular complexity index is 773. The highest BCUT2D eigenvalue weighted by Gasteiger charge is 1.98. The Morgan fingerprint density at radius 3 is 1.71 bits per heavy atom. The quantitative estimate of drug-likeness (QED) is 0.486. The average Bonchev–Trinajstić information content (AvgIpc) is 2.60. The molecule has 152 valence electrons. The number of ether oxygens (including phenoxy) is 1. The summed E-state index contributed by atoms with van der Waals surface area (Å²) in [6.07, 6.45) is 4.77. The van der Waals surface area contributed by atoms with Gasteiger partial charge in [-0.3, -0.25) is 19.6 Å². The number of aryl methyl sites for hydroxylation is 1. The van der Waals surface area contributed by atoms with E-state index in [0.717, 1.165) is 26.8 Å². The second-order valence-corrected chi connectivity index (χ2v) is 7.25. The Morgan fingerprint density at radius 2 is 1.39 bits per heavy atom. The second kappa shape index (κ2) is 15.0. The predicted molar refractivity (Wildman–Crippen MR) is 113 cm³/mol. The van der Waals surface area contributed by atoms with Crippen LogP contribution in [0, 0.1) is 0 Å². The summed E-state index contributed by atoms with van der Waals surface area (Å²) in [5.41, 5.74) is 7.20. The number of nitrogens with two attached hydrogens (primary N) is 1. The summed E-state index contributed by atoms with van der Waals surface area (Å²) >= 11 is 6.65. The molecule has 0 fully saturated rings. The van der Waals surface area contributed by atoms with Gasteiger partial charge in [-0.25, -0.2) is 0 Å². The molecule has 0 aliphatic rings. The minimum absolute atomic E-state index is 0.205. The van der Waals surface area contributed by atoms with Crippen LogP contribution in [0.15, 0.2) is 45.6 Å². The van der Waals surface area contributed by atoms with E-state index in [9.17, 15) is 14.4 Å². The van der Waals surface area contributed by atoms with Crippen molar-refractivity contribution in [3.8, 4) is 0 Å². The van der Waals surface area contributed by atoms with Gasteiger partial charge in [-0.15, -0.1) is 0 Å². The van der Waals surface area contributed by atoms with Gasteiger partial charge in [0.15, 0.2) is 0 Å². The summed E-state index contributed by atoms with van der Waals surface area (Å²) in [5.74, 6) is -0.920. The lowest BCUT2D eigenvalue weighted by Gasteiger charge is -1.97. The highest BCUT2D eigenvalue weighted by atomic mass is 79.9. The number of Topliss-reactive ketones (excluding diaryl/α,β-unsaturated/α-hetero) is 1. The Kier molecular flexibility index (Phi) is 14.0. The van der Waals surface area contributed by atoms with E-state index in [-0.39, 0.29) is 5.78 Å². The van der Waals surface area contributed by atoms with Crippen LogP contribution in [0.4, 0.5) is 0 Å². The number of ketones is 1. The minimum Gasteiger partial charge on any atom is -0.394 e. The first-order valence-electron chi connectivity index (χ1n) is 8.23. The number of halogens is 2. The Balaban J connectivity index is 0.000000408. The molecule has 7 nitrogen and oxygen atoms in total. The SMILES string of the molecule is CC(=O)CCc1cc(Br)ccn1.CC(=O)OC(C)=O.NCc1cc(Br)ccn1. The molecule has 28 heavy (non-hydrogen) atoms. The first-order valence-corrected chi connectivity index (χ1v) is 9.82. The molecular formula is C19H23Br2N3O4. The van der Waals surface area contributed by atoms with Gasteiger partial charge < -0.3 is 15.3 Å². The van der Waals surface area contributed by atoms with Crippen LogP contribution in [0.5, 0.6) is 0 Å². The van der Waals surface area contributed by atoms with Crippen LogP contribution in [0.1, 0.15) is 38.6 Å². The second-order valence-electron chi connectivity index (χ2n) is 5.42. The molecule has 0 atom stereocenters. The monoisotopic (exact) mass is 515 g/mol. The summed E-state index contributed by atoms with van der Waals surface area (Å²) in [6.45, 7) is 4.46. The van der Waals surface area contributed by atoms with E-state index in [4.69, 9.17) is 5.73 Å². The molecule has 0 radical (unpaired) electrons. The fraction of sp³-hybridized carbons (Fsp3) is 0.316. The van der Waals surface area contributed by atoms with Crippen LogP contribution in [0.2, 0.25) is 0 Å². The molecule has 9 heteroatoms. The number of carbonyl (C=O) groups excluding carboxylic acids is 3. The van der Waals surface area contributed by atoms with Crippen LogP contribution in [0.25, 0.3) is 0 Å². The lowest BCUT2D eigenvalue weighted by molar-refractivity contribution is -0.156. The van der Waals surface area contributed by atoms with Crippen molar-refractivity contribution < 1.29 is 19.1 Å². The number of aromatic nitrogens is 2. The molecule has 0 unspecified atom stereocenters. The summed E-state index contributed by atoms with van der Waals surface area (Å²) < 4.78 is 6.01. The highest BCUT2D eigenvalue weighted by molar-refractivity contribution is 9.10. The zero-order valence-corrected chi connectivity index (χ0v) is 19.1. The lowest BCUT2D eigenvalue weighted by atomic mass is 10.2. The van der Waals surface area contributed by atoms with E-state index >= 15 is 0 Å². The van der Waals surface area contributed by atoms with Gasteiger partial charge in [0.05, 0.1) is 5.69 Å². The normalized spacial score (nSPS) is 9.21. The molecule has 0 saturated heterocycles. The fourth-order valence-corrected chi connectivity index (χ4v) is 2.42. The molecule has 0 aliphatic carbocycles. The van der Waals surface area contributed by atoms with Crippen LogP contribution in [-0.2, 0) is 32.1 Å². The third kappa shape index (κ3) is 15.1. The molecule has 0 aliphatic heterocycles. The largest absolute Gasteiger partial charge is 0.394 e. The standard InChI is InChI=1S/C9H10BrNO.C6H7BrN2.C4H6O3/c1-7(12)2-3-9-6-8(10)4-5-11-9;7-5-1-2-9-6(3-5)4-8;1-3(5)7-4(2)6/h4-6H,2-3H2,1H3;1-3H,4,8H2;1-2H3. The zero-order chi connectivity index (χ0) is 21.5. The molecule has 0 bridgehead atoms. The number of pyridine rings is 2. The number of esters is 2. The number of hydrogen-bond acceptors (Lipinski definition) is 7. The molecule has 2 rings (SSSR count). The van der Waals surface area contributed by atoms with Crippen LogP contribution in [-0.4, -0.2) is 27.7 Å². The summed E-state index contributed by atoms with van der Waals surface area (Å²) in [5, 5.41) is 0. The third-order valence-corrected chi connectivity index (χ3v) is 3.77. The smallest absolute Gasteiger partial charge is 0.310 e. The third-order valence-electron chi connectivity index (χ3n) is 2.79. The maximum atomic E-state index is 10.7. The van der Waals surface area contributed by atoms with Crippen molar-refractivity contribution in [3.05, 3.63) is 57.0 Å². The van der Waals surface area contributed by atoms with E-state index in [1.54, 1.807) is 19.3 Å². The molecule has 0 aromatic carbocycles. The van der Waals surface area contributed by atoms with Crippen molar-refractivity contribution in [1.82, 2.24) is 9.97 Å².